The summed E-state index contributed by atoms with van der Waals surface area (Å²) in [4.78, 5) is 24.3. The molecular weight excluding hydrogens is 296 g/mol. The number of para-hydroxylation sites is 1. The largest absolute Gasteiger partial charge is 0.493 e. The first-order valence-corrected chi connectivity index (χ1v) is 6.80. The van der Waals surface area contributed by atoms with Crippen molar-refractivity contribution in [3.8, 4) is 11.6 Å². The Bertz CT molecular complexity index is 850. The SMILES string of the molecule is COc1cccnc1-n1cnc(NNc2ccccc2)nc1=O. The molecule has 0 fully saturated rings. The van der Waals surface area contributed by atoms with E-state index in [9.17, 15) is 4.79 Å². The highest BCUT2D eigenvalue weighted by molar-refractivity contribution is 5.47. The molecule has 0 unspecified atom stereocenters. The number of aromatic nitrogens is 4. The number of hydrogen-bond donors (Lipinski definition) is 2. The van der Waals surface area contributed by atoms with Crippen molar-refractivity contribution in [3.05, 3.63) is 65.5 Å². The number of nitrogens with zero attached hydrogens (tertiary/aromatic N) is 4. The minimum absolute atomic E-state index is 0.157. The van der Waals surface area contributed by atoms with Gasteiger partial charge in [0.05, 0.1) is 12.8 Å². The van der Waals surface area contributed by atoms with E-state index in [1.807, 2.05) is 30.3 Å². The van der Waals surface area contributed by atoms with E-state index in [0.717, 1.165) is 5.69 Å². The fourth-order valence-corrected chi connectivity index (χ4v) is 1.91. The second-order valence-corrected chi connectivity index (χ2v) is 4.48. The van der Waals surface area contributed by atoms with Crippen molar-refractivity contribution in [2.24, 2.45) is 0 Å². The molecule has 1 aromatic carbocycles. The lowest BCUT2D eigenvalue weighted by atomic mass is 10.3. The van der Waals surface area contributed by atoms with Gasteiger partial charge in [-0.05, 0) is 24.3 Å². The Morgan fingerprint density at radius 3 is 2.61 bits per heavy atom. The van der Waals surface area contributed by atoms with Crippen molar-refractivity contribution in [1.82, 2.24) is 19.5 Å². The molecule has 0 bridgehead atoms. The topological polar surface area (TPSA) is 94.0 Å². The van der Waals surface area contributed by atoms with E-state index >= 15 is 0 Å². The number of hydrazine groups is 1. The average molecular weight is 310 g/mol. The maximum absolute atomic E-state index is 12.2. The summed E-state index contributed by atoms with van der Waals surface area (Å²) in [5, 5.41) is 0. The Kier molecular flexibility index (Phi) is 4.14. The predicted molar refractivity (Wildman–Crippen MR) is 85.7 cm³/mol. The zero-order valence-corrected chi connectivity index (χ0v) is 12.3. The van der Waals surface area contributed by atoms with E-state index in [4.69, 9.17) is 4.74 Å². The third-order valence-electron chi connectivity index (χ3n) is 2.99. The molecule has 0 aliphatic rings. The van der Waals surface area contributed by atoms with Crippen LogP contribution in [0.2, 0.25) is 0 Å². The van der Waals surface area contributed by atoms with Gasteiger partial charge in [0.25, 0.3) is 0 Å². The van der Waals surface area contributed by atoms with Gasteiger partial charge in [-0.15, -0.1) is 0 Å². The summed E-state index contributed by atoms with van der Waals surface area (Å²) in [5.41, 5.74) is 5.98. The van der Waals surface area contributed by atoms with Gasteiger partial charge < -0.3 is 4.74 Å². The first-order valence-electron chi connectivity index (χ1n) is 6.80. The molecule has 0 saturated carbocycles. The predicted octanol–water partition coefficient (Wildman–Crippen LogP) is 1.47. The summed E-state index contributed by atoms with van der Waals surface area (Å²) in [7, 11) is 1.51. The Labute approximate surface area is 131 Å². The molecule has 3 aromatic rings. The number of benzene rings is 1. The number of anilines is 2. The van der Waals surface area contributed by atoms with Crippen LogP contribution in [0.3, 0.4) is 0 Å². The van der Waals surface area contributed by atoms with E-state index in [2.05, 4.69) is 25.8 Å². The minimum Gasteiger partial charge on any atom is -0.493 e. The summed E-state index contributed by atoms with van der Waals surface area (Å²) in [6, 6.07) is 12.8. The zero-order chi connectivity index (χ0) is 16.1. The molecule has 8 heteroatoms. The van der Waals surface area contributed by atoms with Crippen LogP contribution in [-0.4, -0.2) is 26.6 Å². The maximum Gasteiger partial charge on any atom is 0.358 e. The number of ether oxygens (including phenoxy) is 1. The highest BCUT2D eigenvalue weighted by Crippen LogP contribution is 2.17. The molecule has 0 spiro atoms. The van der Waals surface area contributed by atoms with Gasteiger partial charge in [0.15, 0.2) is 11.6 Å². The molecule has 116 valence electrons. The zero-order valence-electron chi connectivity index (χ0n) is 12.3. The van der Waals surface area contributed by atoms with Crippen LogP contribution in [0.4, 0.5) is 11.6 Å². The molecular formula is C15H14N6O2. The van der Waals surface area contributed by atoms with Gasteiger partial charge in [0, 0.05) is 6.20 Å². The van der Waals surface area contributed by atoms with Crippen molar-refractivity contribution in [3.63, 3.8) is 0 Å². The molecule has 8 nitrogen and oxygen atoms in total. The van der Waals surface area contributed by atoms with Crippen LogP contribution in [0.25, 0.3) is 5.82 Å². The Morgan fingerprint density at radius 1 is 1.04 bits per heavy atom. The lowest BCUT2D eigenvalue weighted by Crippen LogP contribution is -2.25. The van der Waals surface area contributed by atoms with Gasteiger partial charge in [0.2, 0.25) is 5.95 Å². The molecule has 0 radical (unpaired) electrons. The highest BCUT2D eigenvalue weighted by Gasteiger charge is 2.09. The summed E-state index contributed by atoms with van der Waals surface area (Å²) in [5.74, 6) is 0.953. The molecule has 3 rings (SSSR count). The normalized spacial score (nSPS) is 10.1. The maximum atomic E-state index is 12.2. The first-order chi connectivity index (χ1) is 11.3. The lowest BCUT2D eigenvalue weighted by molar-refractivity contribution is 0.410. The van der Waals surface area contributed by atoms with Gasteiger partial charge in [-0.2, -0.15) is 4.98 Å². The Balaban J connectivity index is 1.82. The molecule has 0 amide bonds. The van der Waals surface area contributed by atoms with Crippen molar-refractivity contribution < 1.29 is 4.74 Å². The third-order valence-corrected chi connectivity index (χ3v) is 2.99. The molecule has 23 heavy (non-hydrogen) atoms. The van der Waals surface area contributed by atoms with Gasteiger partial charge >= 0.3 is 5.69 Å². The number of rotatable bonds is 5. The lowest BCUT2D eigenvalue weighted by Gasteiger charge is -2.10. The quantitative estimate of drug-likeness (QED) is 0.689. The van der Waals surface area contributed by atoms with Gasteiger partial charge in [-0.25, -0.2) is 19.3 Å². The van der Waals surface area contributed by atoms with Gasteiger partial charge in [-0.3, -0.25) is 10.9 Å². The van der Waals surface area contributed by atoms with E-state index in [0.29, 0.717) is 11.6 Å². The smallest absolute Gasteiger partial charge is 0.358 e. The van der Waals surface area contributed by atoms with Crippen molar-refractivity contribution >= 4 is 11.6 Å². The van der Waals surface area contributed by atoms with E-state index < -0.39 is 5.69 Å². The summed E-state index contributed by atoms with van der Waals surface area (Å²) in [6.45, 7) is 0. The number of methoxy groups -OCH3 is 1. The van der Waals surface area contributed by atoms with E-state index in [1.54, 1.807) is 18.3 Å². The second kappa shape index (κ2) is 6.56. The van der Waals surface area contributed by atoms with Crippen LogP contribution in [0.5, 0.6) is 5.75 Å². The van der Waals surface area contributed by atoms with Gasteiger partial charge in [-0.1, -0.05) is 18.2 Å². The summed E-state index contributed by atoms with van der Waals surface area (Å²) in [6.07, 6.45) is 2.91. The summed E-state index contributed by atoms with van der Waals surface area (Å²) >= 11 is 0. The third kappa shape index (κ3) is 3.26. The molecule has 0 aliphatic carbocycles. The molecule has 2 aromatic heterocycles. The van der Waals surface area contributed by atoms with Crippen LogP contribution in [0, 0.1) is 0 Å². The Morgan fingerprint density at radius 2 is 1.87 bits per heavy atom. The fourth-order valence-electron chi connectivity index (χ4n) is 1.91. The minimum atomic E-state index is -0.519. The van der Waals surface area contributed by atoms with Crippen LogP contribution < -0.4 is 21.3 Å². The summed E-state index contributed by atoms with van der Waals surface area (Å²) < 4.78 is 6.40. The standard InChI is InChI=1S/C15H14N6O2/c1-23-12-8-5-9-16-13(12)21-10-17-14(18-15(21)22)20-19-11-6-3-2-4-7-11/h2-10,19H,1H3,(H,18,20,22). The number of nitrogens with one attached hydrogen (secondary N) is 2. The van der Waals surface area contributed by atoms with E-state index in [1.165, 1.54) is 18.0 Å². The van der Waals surface area contributed by atoms with Crippen molar-refractivity contribution in [2.75, 3.05) is 18.0 Å². The highest BCUT2D eigenvalue weighted by atomic mass is 16.5. The number of hydrogen-bond acceptors (Lipinski definition) is 7. The van der Waals surface area contributed by atoms with Crippen LogP contribution in [-0.2, 0) is 0 Å². The molecule has 0 atom stereocenters. The second-order valence-electron chi connectivity index (χ2n) is 4.48. The average Bonchev–Trinajstić information content (AvgIpc) is 2.61. The molecule has 0 aliphatic heterocycles. The van der Waals surface area contributed by atoms with Crippen LogP contribution >= 0.6 is 0 Å². The van der Waals surface area contributed by atoms with Crippen LogP contribution in [0.1, 0.15) is 0 Å². The molecule has 0 saturated heterocycles. The van der Waals surface area contributed by atoms with Crippen LogP contribution in [0.15, 0.2) is 59.8 Å². The fraction of sp³-hybridized carbons (Fsp3) is 0.0667. The van der Waals surface area contributed by atoms with E-state index in [-0.39, 0.29) is 5.95 Å². The van der Waals surface area contributed by atoms with Gasteiger partial charge in [0.1, 0.15) is 6.33 Å². The van der Waals surface area contributed by atoms with Crippen molar-refractivity contribution in [2.45, 2.75) is 0 Å². The molecule has 2 N–H and O–H groups in total. The molecule has 2 heterocycles. The first kappa shape index (κ1) is 14.5. The number of pyridine rings is 1. The monoisotopic (exact) mass is 310 g/mol. The van der Waals surface area contributed by atoms with Crippen molar-refractivity contribution in [1.29, 1.82) is 0 Å². The Hall–Kier alpha value is -3.42.